The van der Waals surface area contributed by atoms with Crippen molar-refractivity contribution in [1.29, 1.82) is 0 Å². The van der Waals surface area contributed by atoms with Gasteiger partial charge in [-0.05, 0) is 24.6 Å². The quantitative estimate of drug-likeness (QED) is 0.437. The van der Waals surface area contributed by atoms with Gasteiger partial charge in [0.1, 0.15) is 0 Å². The molecule has 1 aromatic carbocycles. The molecule has 100 valence electrons. The molecular weight excluding hydrogens is 280 g/mol. The van der Waals surface area contributed by atoms with Crippen molar-refractivity contribution in [2.75, 3.05) is 17.7 Å². The standard InChI is InChI=1S/C10H13ClN2O4S/c11-5-2-6-12-10(14)13-8-3-1-4-9(7-8)18(15,16)17/h1,3-4,7H,2,5-6H2,(H2,12,13,14)(H,15,16,17). The second-order valence-corrected chi connectivity index (χ2v) is 5.23. The van der Waals surface area contributed by atoms with E-state index >= 15 is 0 Å². The van der Waals surface area contributed by atoms with Crippen molar-refractivity contribution in [3.8, 4) is 0 Å². The number of carbonyl (C=O) groups is 1. The van der Waals surface area contributed by atoms with E-state index in [9.17, 15) is 13.2 Å². The molecule has 0 aliphatic heterocycles. The van der Waals surface area contributed by atoms with Crippen molar-refractivity contribution in [2.24, 2.45) is 0 Å². The first kappa shape index (κ1) is 14.7. The normalized spacial score (nSPS) is 11.0. The molecule has 2 amide bonds. The average molecular weight is 293 g/mol. The highest BCUT2D eigenvalue weighted by Crippen LogP contribution is 2.14. The Kier molecular flexibility index (Phi) is 5.39. The highest BCUT2D eigenvalue weighted by molar-refractivity contribution is 7.85. The van der Waals surface area contributed by atoms with Crippen LogP contribution in [0.25, 0.3) is 0 Å². The number of hydrogen-bond acceptors (Lipinski definition) is 3. The second-order valence-electron chi connectivity index (χ2n) is 3.43. The number of benzene rings is 1. The lowest BCUT2D eigenvalue weighted by atomic mass is 10.3. The molecule has 0 saturated carbocycles. The zero-order valence-corrected chi connectivity index (χ0v) is 11.0. The van der Waals surface area contributed by atoms with Crippen LogP contribution in [-0.4, -0.2) is 31.4 Å². The average Bonchev–Trinajstić information content (AvgIpc) is 2.28. The highest BCUT2D eigenvalue weighted by atomic mass is 35.5. The summed E-state index contributed by atoms with van der Waals surface area (Å²) in [7, 11) is -4.27. The molecule has 0 unspecified atom stereocenters. The van der Waals surface area contributed by atoms with Crippen molar-refractivity contribution in [3.05, 3.63) is 24.3 Å². The Morgan fingerprint density at radius 1 is 1.39 bits per heavy atom. The van der Waals surface area contributed by atoms with E-state index in [1.54, 1.807) is 0 Å². The van der Waals surface area contributed by atoms with Gasteiger partial charge >= 0.3 is 6.03 Å². The third-order valence-electron chi connectivity index (χ3n) is 1.99. The largest absolute Gasteiger partial charge is 0.338 e. The minimum atomic E-state index is -4.27. The van der Waals surface area contributed by atoms with E-state index in [0.29, 0.717) is 18.8 Å². The topological polar surface area (TPSA) is 95.5 Å². The van der Waals surface area contributed by atoms with E-state index in [1.165, 1.54) is 18.2 Å². The third-order valence-corrected chi connectivity index (χ3v) is 3.10. The lowest BCUT2D eigenvalue weighted by molar-refractivity contribution is 0.252. The summed E-state index contributed by atoms with van der Waals surface area (Å²) >= 11 is 5.45. The van der Waals surface area contributed by atoms with Gasteiger partial charge in [-0.25, -0.2) is 4.79 Å². The number of urea groups is 1. The summed E-state index contributed by atoms with van der Waals surface area (Å²) in [5.41, 5.74) is 0.272. The van der Waals surface area contributed by atoms with Crippen LogP contribution in [0.15, 0.2) is 29.2 Å². The van der Waals surface area contributed by atoms with E-state index in [2.05, 4.69) is 10.6 Å². The molecule has 8 heteroatoms. The summed E-state index contributed by atoms with van der Waals surface area (Å²) in [6, 6.07) is 4.85. The number of anilines is 1. The molecule has 0 aliphatic rings. The molecule has 6 nitrogen and oxygen atoms in total. The Balaban J connectivity index is 2.65. The van der Waals surface area contributed by atoms with Crippen molar-refractivity contribution < 1.29 is 17.8 Å². The van der Waals surface area contributed by atoms with Gasteiger partial charge in [0.2, 0.25) is 0 Å². The SMILES string of the molecule is O=C(NCCCCl)Nc1cccc(S(=O)(=O)O)c1. The van der Waals surface area contributed by atoms with E-state index in [0.717, 1.165) is 6.07 Å². The summed E-state index contributed by atoms with van der Waals surface area (Å²) in [4.78, 5) is 11.1. The molecular formula is C10H13ClN2O4S. The number of nitrogens with one attached hydrogen (secondary N) is 2. The first-order valence-corrected chi connectivity index (χ1v) is 7.09. The van der Waals surface area contributed by atoms with Gasteiger partial charge in [-0.3, -0.25) is 4.55 Å². The summed E-state index contributed by atoms with van der Waals surface area (Å²) in [5.74, 6) is 0.443. The van der Waals surface area contributed by atoms with Gasteiger partial charge in [0.05, 0.1) is 4.90 Å². The molecule has 0 radical (unpaired) electrons. The Morgan fingerprint density at radius 2 is 2.11 bits per heavy atom. The lowest BCUT2D eigenvalue weighted by Crippen LogP contribution is -2.29. The van der Waals surface area contributed by atoms with E-state index in [1.807, 2.05) is 0 Å². The van der Waals surface area contributed by atoms with Crippen molar-refractivity contribution in [3.63, 3.8) is 0 Å². The maximum absolute atomic E-state index is 11.4. The highest BCUT2D eigenvalue weighted by Gasteiger charge is 2.10. The van der Waals surface area contributed by atoms with Gasteiger partial charge in [-0.1, -0.05) is 6.07 Å². The molecule has 0 fully saturated rings. The minimum absolute atomic E-state index is 0.272. The third kappa shape index (κ3) is 4.91. The Bertz CT molecular complexity index is 518. The van der Waals surface area contributed by atoms with Gasteiger partial charge in [0.25, 0.3) is 10.1 Å². The van der Waals surface area contributed by atoms with Crippen molar-refractivity contribution >= 4 is 33.4 Å². The number of rotatable bonds is 5. The van der Waals surface area contributed by atoms with Crippen molar-refractivity contribution in [2.45, 2.75) is 11.3 Å². The molecule has 0 saturated heterocycles. The first-order valence-electron chi connectivity index (χ1n) is 5.12. The van der Waals surface area contributed by atoms with Crippen LogP contribution in [0, 0.1) is 0 Å². The smallest absolute Gasteiger partial charge is 0.319 e. The Labute approximate surface area is 110 Å². The second kappa shape index (κ2) is 6.58. The van der Waals surface area contributed by atoms with Crippen LogP contribution >= 0.6 is 11.6 Å². The summed E-state index contributed by atoms with van der Waals surface area (Å²) in [6.07, 6.45) is 0.639. The number of hydrogen-bond donors (Lipinski definition) is 3. The summed E-state index contributed by atoms with van der Waals surface area (Å²) in [6.45, 7) is 0.424. The van der Waals surface area contributed by atoms with Crippen LogP contribution in [0.1, 0.15) is 6.42 Å². The van der Waals surface area contributed by atoms with Crippen molar-refractivity contribution in [1.82, 2.24) is 5.32 Å². The fourth-order valence-electron chi connectivity index (χ4n) is 1.18. The molecule has 0 spiro atoms. The van der Waals surface area contributed by atoms with E-state index in [-0.39, 0.29) is 10.6 Å². The number of alkyl halides is 1. The Hall–Kier alpha value is -1.31. The van der Waals surface area contributed by atoms with Crippen LogP contribution in [0.2, 0.25) is 0 Å². The fraction of sp³-hybridized carbons (Fsp3) is 0.300. The maximum atomic E-state index is 11.4. The predicted octanol–water partition coefficient (Wildman–Crippen LogP) is 1.68. The molecule has 0 bridgehead atoms. The fourth-order valence-corrected chi connectivity index (χ4v) is 1.84. The predicted molar refractivity (Wildman–Crippen MR) is 68.6 cm³/mol. The zero-order chi connectivity index (χ0) is 13.6. The van der Waals surface area contributed by atoms with Gasteiger partial charge in [0.15, 0.2) is 0 Å². The zero-order valence-electron chi connectivity index (χ0n) is 9.39. The van der Waals surface area contributed by atoms with Gasteiger partial charge in [0, 0.05) is 18.1 Å². The van der Waals surface area contributed by atoms with E-state index < -0.39 is 16.1 Å². The monoisotopic (exact) mass is 292 g/mol. The minimum Gasteiger partial charge on any atom is -0.338 e. The van der Waals surface area contributed by atoms with Crippen LogP contribution in [-0.2, 0) is 10.1 Å². The summed E-state index contributed by atoms with van der Waals surface area (Å²) in [5, 5.41) is 4.99. The number of carbonyl (C=O) groups excluding carboxylic acids is 1. The van der Waals surface area contributed by atoms with Gasteiger partial charge in [-0.15, -0.1) is 11.6 Å². The van der Waals surface area contributed by atoms with Crippen LogP contribution < -0.4 is 10.6 Å². The molecule has 18 heavy (non-hydrogen) atoms. The molecule has 0 atom stereocenters. The molecule has 0 aliphatic carbocycles. The van der Waals surface area contributed by atoms with Gasteiger partial charge in [-0.2, -0.15) is 8.42 Å². The molecule has 1 aromatic rings. The van der Waals surface area contributed by atoms with Crippen LogP contribution in [0.3, 0.4) is 0 Å². The molecule has 3 N–H and O–H groups in total. The van der Waals surface area contributed by atoms with Crippen LogP contribution in [0.5, 0.6) is 0 Å². The number of halogens is 1. The summed E-state index contributed by atoms with van der Waals surface area (Å²) < 4.78 is 30.6. The lowest BCUT2D eigenvalue weighted by Gasteiger charge is -2.07. The van der Waals surface area contributed by atoms with Crippen LogP contribution in [0.4, 0.5) is 10.5 Å². The number of amides is 2. The molecule has 1 rings (SSSR count). The molecule has 0 heterocycles. The van der Waals surface area contributed by atoms with Gasteiger partial charge < -0.3 is 10.6 Å². The van der Waals surface area contributed by atoms with E-state index in [4.69, 9.17) is 16.2 Å². The molecule has 0 aromatic heterocycles. The maximum Gasteiger partial charge on any atom is 0.319 e. The Morgan fingerprint density at radius 3 is 2.72 bits per heavy atom. The first-order chi connectivity index (χ1) is 8.43.